The summed E-state index contributed by atoms with van der Waals surface area (Å²) in [5.74, 6) is 0. The molecule has 0 aliphatic heterocycles. The molecule has 1 rings (SSSR count). The quantitative estimate of drug-likeness (QED) is 0.632. The van der Waals surface area contributed by atoms with Gasteiger partial charge in [0.15, 0.2) is 0 Å². The molecule has 0 unspecified atom stereocenters. The first-order chi connectivity index (χ1) is 7.56. The molecule has 0 saturated carbocycles. The van der Waals surface area contributed by atoms with E-state index in [9.17, 15) is 0 Å². The minimum Gasteiger partial charge on any atom is -0.0990 e. The predicted molar refractivity (Wildman–Crippen MR) is 73.3 cm³/mol. The molecule has 0 aliphatic carbocycles. The van der Waals surface area contributed by atoms with Crippen molar-refractivity contribution in [3.63, 3.8) is 0 Å². The van der Waals surface area contributed by atoms with Crippen molar-refractivity contribution >= 4 is 5.57 Å². The second-order valence-corrected chi connectivity index (χ2v) is 3.94. The third-order valence-corrected chi connectivity index (χ3v) is 2.47. The molecular weight excluding hydrogens is 192 g/mol. The van der Waals surface area contributed by atoms with E-state index in [1.165, 1.54) is 5.56 Å². The molecule has 0 aliphatic rings. The van der Waals surface area contributed by atoms with E-state index in [0.717, 1.165) is 22.3 Å². The van der Waals surface area contributed by atoms with Gasteiger partial charge in [-0.3, -0.25) is 0 Å². The molecule has 0 radical (unpaired) electrons. The lowest BCUT2D eigenvalue weighted by molar-refractivity contribution is 1.42. The highest BCUT2D eigenvalue weighted by Crippen LogP contribution is 2.26. The molecule has 0 atom stereocenters. The molecule has 0 N–H and O–H groups in total. The van der Waals surface area contributed by atoms with Gasteiger partial charge < -0.3 is 0 Å². The van der Waals surface area contributed by atoms with Crippen molar-refractivity contribution in [1.82, 2.24) is 0 Å². The molecule has 0 fully saturated rings. The van der Waals surface area contributed by atoms with Crippen molar-refractivity contribution < 1.29 is 0 Å². The van der Waals surface area contributed by atoms with E-state index in [1.54, 1.807) is 6.08 Å². The highest BCUT2D eigenvalue weighted by molar-refractivity contribution is 5.82. The molecule has 1 aromatic rings. The van der Waals surface area contributed by atoms with Crippen LogP contribution in [0, 0.1) is 6.92 Å². The fourth-order valence-electron chi connectivity index (χ4n) is 1.53. The fraction of sp³-hybridized carbons (Fsp3) is 0.125. The lowest BCUT2D eigenvalue weighted by Gasteiger charge is -2.10. The monoisotopic (exact) mass is 210 g/mol. The summed E-state index contributed by atoms with van der Waals surface area (Å²) in [5, 5.41) is 0. The van der Waals surface area contributed by atoms with Crippen molar-refractivity contribution in [2.24, 2.45) is 0 Å². The molecule has 0 saturated heterocycles. The molecule has 0 bridgehead atoms. The van der Waals surface area contributed by atoms with Gasteiger partial charge in [0.05, 0.1) is 0 Å². The van der Waals surface area contributed by atoms with Crippen LogP contribution in [0.1, 0.15) is 18.1 Å². The largest absolute Gasteiger partial charge is 0.0990 e. The highest BCUT2D eigenvalue weighted by Gasteiger charge is 2.05. The average Bonchev–Trinajstić information content (AvgIpc) is 2.25. The standard InChI is InChI=1S/C16H18/c1-6-7-16(12(2)3)14(5)15-10-8-13(4)9-11-15/h6-11H,1-2,5H2,3-4H3/b16-7+. The Labute approximate surface area is 98.3 Å². The van der Waals surface area contributed by atoms with Gasteiger partial charge in [-0.15, -0.1) is 0 Å². The average molecular weight is 210 g/mol. The second kappa shape index (κ2) is 5.32. The van der Waals surface area contributed by atoms with E-state index in [0.29, 0.717) is 0 Å². The van der Waals surface area contributed by atoms with Crippen LogP contribution in [0.5, 0.6) is 0 Å². The van der Waals surface area contributed by atoms with Crippen LogP contribution >= 0.6 is 0 Å². The van der Waals surface area contributed by atoms with Crippen molar-refractivity contribution in [2.45, 2.75) is 13.8 Å². The lowest BCUT2D eigenvalue weighted by Crippen LogP contribution is -1.90. The Bertz CT molecular complexity index is 441. The van der Waals surface area contributed by atoms with Crippen molar-refractivity contribution in [2.75, 3.05) is 0 Å². The van der Waals surface area contributed by atoms with Crippen LogP contribution in [0.4, 0.5) is 0 Å². The van der Waals surface area contributed by atoms with E-state index >= 15 is 0 Å². The molecule has 16 heavy (non-hydrogen) atoms. The van der Waals surface area contributed by atoms with Crippen molar-refractivity contribution in [3.8, 4) is 0 Å². The van der Waals surface area contributed by atoms with E-state index in [2.05, 4.69) is 50.9 Å². The van der Waals surface area contributed by atoms with Gasteiger partial charge in [-0.05, 0) is 30.6 Å². The second-order valence-electron chi connectivity index (χ2n) is 3.94. The molecule has 0 amide bonds. The van der Waals surface area contributed by atoms with Crippen LogP contribution in [0.25, 0.3) is 5.57 Å². The summed E-state index contributed by atoms with van der Waals surface area (Å²) in [6.07, 6.45) is 3.72. The first-order valence-corrected chi connectivity index (χ1v) is 5.31. The van der Waals surface area contributed by atoms with Gasteiger partial charge in [0.1, 0.15) is 0 Å². The van der Waals surface area contributed by atoms with Crippen molar-refractivity contribution in [3.05, 3.63) is 78.4 Å². The number of allylic oxidation sites excluding steroid dienone is 5. The minimum atomic E-state index is 0.993. The number of hydrogen-bond acceptors (Lipinski definition) is 0. The number of aryl methyl sites for hydroxylation is 1. The van der Waals surface area contributed by atoms with Gasteiger partial charge in [0.2, 0.25) is 0 Å². The smallest absolute Gasteiger partial charge is 0.0161 e. The molecule has 0 aromatic heterocycles. The van der Waals surface area contributed by atoms with E-state index in [-0.39, 0.29) is 0 Å². The van der Waals surface area contributed by atoms with Gasteiger partial charge in [0, 0.05) is 0 Å². The normalized spacial score (nSPS) is 11.0. The maximum atomic E-state index is 4.12. The lowest BCUT2D eigenvalue weighted by atomic mass is 9.94. The SMILES string of the molecule is C=C/C=C(\C(=C)C)C(=C)c1ccc(C)cc1. The topological polar surface area (TPSA) is 0 Å². The Balaban J connectivity index is 3.09. The van der Waals surface area contributed by atoms with Crippen LogP contribution in [-0.4, -0.2) is 0 Å². The Kier molecular flexibility index (Phi) is 4.07. The highest BCUT2D eigenvalue weighted by atomic mass is 14.1. The molecule has 82 valence electrons. The van der Waals surface area contributed by atoms with Crippen LogP contribution in [0.2, 0.25) is 0 Å². The van der Waals surface area contributed by atoms with E-state index < -0.39 is 0 Å². The molecule has 0 heteroatoms. The first-order valence-electron chi connectivity index (χ1n) is 5.31. The first kappa shape index (κ1) is 12.3. The van der Waals surface area contributed by atoms with E-state index in [4.69, 9.17) is 0 Å². The van der Waals surface area contributed by atoms with Crippen LogP contribution in [0.3, 0.4) is 0 Å². The van der Waals surface area contributed by atoms with Crippen LogP contribution in [-0.2, 0) is 0 Å². The van der Waals surface area contributed by atoms with Gasteiger partial charge >= 0.3 is 0 Å². The molecule has 0 nitrogen and oxygen atoms in total. The Morgan fingerprint density at radius 3 is 2.12 bits per heavy atom. The Morgan fingerprint density at radius 1 is 1.12 bits per heavy atom. The third-order valence-electron chi connectivity index (χ3n) is 2.47. The fourth-order valence-corrected chi connectivity index (χ4v) is 1.53. The Morgan fingerprint density at radius 2 is 1.69 bits per heavy atom. The van der Waals surface area contributed by atoms with Gasteiger partial charge in [-0.1, -0.05) is 67.3 Å². The maximum Gasteiger partial charge on any atom is -0.0161 e. The molecule has 0 heterocycles. The molecule has 0 spiro atoms. The Hall–Kier alpha value is -1.82. The molecular formula is C16H18. The zero-order valence-corrected chi connectivity index (χ0v) is 10.1. The maximum absolute atomic E-state index is 4.12. The number of benzene rings is 1. The summed E-state index contributed by atoms with van der Waals surface area (Å²) >= 11 is 0. The summed E-state index contributed by atoms with van der Waals surface area (Å²) in [7, 11) is 0. The molecule has 1 aromatic carbocycles. The van der Waals surface area contributed by atoms with Gasteiger partial charge in [-0.25, -0.2) is 0 Å². The summed E-state index contributed by atoms with van der Waals surface area (Å²) in [5.41, 5.74) is 5.43. The minimum absolute atomic E-state index is 0.993. The summed E-state index contributed by atoms with van der Waals surface area (Å²) < 4.78 is 0. The van der Waals surface area contributed by atoms with Crippen LogP contribution in [0.15, 0.2) is 67.3 Å². The summed E-state index contributed by atoms with van der Waals surface area (Å²) in [6.45, 7) is 15.8. The van der Waals surface area contributed by atoms with Gasteiger partial charge in [-0.2, -0.15) is 0 Å². The zero-order chi connectivity index (χ0) is 12.1. The summed E-state index contributed by atoms with van der Waals surface area (Å²) in [6, 6.07) is 8.34. The summed E-state index contributed by atoms with van der Waals surface area (Å²) in [4.78, 5) is 0. The van der Waals surface area contributed by atoms with Crippen molar-refractivity contribution in [1.29, 1.82) is 0 Å². The number of hydrogen-bond donors (Lipinski definition) is 0. The predicted octanol–water partition coefficient (Wildman–Crippen LogP) is 4.70. The van der Waals surface area contributed by atoms with Crippen LogP contribution < -0.4 is 0 Å². The van der Waals surface area contributed by atoms with E-state index in [1.807, 2.05) is 13.0 Å². The zero-order valence-electron chi connectivity index (χ0n) is 10.1. The van der Waals surface area contributed by atoms with Gasteiger partial charge in [0.25, 0.3) is 0 Å². The number of rotatable bonds is 4. The third kappa shape index (κ3) is 2.83.